The maximum atomic E-state index is 12.5. The van der Waals surface area contributed by atoms with Gasteiger partial charge in [-0.15, -0.1) is 11.8 Å². The van der Waals surface area contributed by atoms with E-state index in [0.29, 0.717) is 22.3 Å². The molecule has 0 saturated carbocycles. The Kier molecular flexibility index (Phi) is 1.73. The summed E-state index contributed by atoms with van der Waals surface area (Å²) in [6.45, 7) is 0. The summed E-state index contributed by atoms with van der Waals surface area (Å²) < 4.78 is 0. The number of hydrogen-bond acceptors (Lipinski definition) is 4. The molecular formula is C14H9NO2S. The number of Topliss-reactive ketones (excluding diaryl/α,β-unsaturated/α-hetero) is 2. The summed E-state index contributed by atoms with van der Waals surface area (Å²) in [5.41, 5.74) is 8.13. The Hall–Kier alpha value is -1.65. The van der Waals surface area contributed by atoms with Gasteiger partial charge in [-0.05, 0) is 0 Å². The number of carbonyl (C=O) groups is 2. The smallest absolute Gasteiger partial charge is 0.194 e. The molecule has 3 nitrogen and oxygen atoms in total. The zero-order valence-corrected chi connectivity index (χ0v) is 10.2. The predicted molar refractivity (Wildman–Crippen MR) is 69.6 cm³/mol. The molecule has 0 bridgehead atoms. The molecule has 2 aliphatic carbocycles. The van der Waals surface area contributed by atoms with Crippen LogP contribution in [-0.2, 0) is 0 Å². The zero-order valence-electron chi connectivity index (χ0n) is 9.34. The van der Waals surface area contributed by atoms with Crippen LogP contribution in [0.5, 0.6) is 0 Å². The van der Waals surface area contributed by atoms with Crippen LogP contribution in [0.1, 0.15) is 20.7 Å². The fraction of sp³-hybridized carbons (Fsp3) is 0.143. The number of allylic oxidation sites excluding steroid dienone is 2. The molecule has 1 fully saturated rings. The van der Waals surface area contributed by atoms with Crippen LogP contribution in [0.25, 0.3) is 0 Å². The summed E-state index contributed by atoms with van der Waals surface area (Å²) in [5.74, 6) is -0.186. The molecule has 1 aromatic carbocycles. The minimum Gasteiger partial charge on any atom is -0.312 e. The number of ketones is 2. The van der Waals surface area contributed by atoms with E-state index in [-0.39, 0.29) is 16.8 Å². The summed E-state index contributed by atoms with van der Waals surface area (Å²) in [4.78, 5) is 24.2. The first-order valence-electron chi connectivity index (χ1n) is 5.71. The lowest BCUT2D eigenvalue weighted by Crippen LogP contribution is -2.39. The minimum atomic E-state index is -0.676. The molecule has 1 saturated heterocycles. The largest absolute Gasteiger partial charge is 0.312 e. The van der Waals surface area contributed by atoms with Crippen molar-refractivity contribution in [3.05, 3.63) is 58.7 Å². The maximum absolute atomic E-state index is 12.5. The molecule has 0 spiro atoms. The van der Waals surface area contributed by atoms with Crippen LogP contribution >= 0.6 is 11.8 Å². The van der Waals surface area contributed by atoms with Crippen molar-refractivity contribution < 1.29 is 9.59 Å². The standard InChI is InChI=1S/C14H9NO2S/c15-14-10(18-14)6-5-9-11(14)13(17)8-4-2-1-3-7(8)12(9)16/h1-6,10H,15H2. The highest BCUT2D eigenvalue weighted by Crippen LogP contribution is 2.59. The minimum absolute atomic E-state index is 0.0905. The van der Waals surface area contributed by atoms with Crippen molar-refractivity contribution in [3.63, 3.8) is 0 Å². The van der Waals surface area contributed by atoms with Crippen molar-refractivity contribution in [3.8, 4) is 0 Å². The van der Waals surface area contributed by atoms with E-state index >= 15 is 0 Å². The fourth-order valence-electron chi connectivity index (χ4n) is 2.68. The molecule has 0 amide bonds. The first-order valence-corrected chi connectivity index (χ1v) is 6.59. The monoisotopic (exact) mass is 255 g/mol. The van der Waals surface area contributed by atoms with Gasteiger partial charge in [0, 0.05) is 22.3 Å². The molecule has 0 radical (unpaired) electrons. The second kappa shape index (κ2) is 3.02. The maximum Gasteiger partial charge on any atom is 0.194 e. The molecule has 2 unspecified atom stereocenters. The van der Waals surface area contributed by atoms with Crippen LogP contribution in [-0.4, -0.2) is 21.7 Å². The number of thioether (sulfide) groups is 1. The average molecular weight is 255 g/mol. The number of rotatable bonds is 0. The molecular weight excluding hydrogens is 246 g/mol. The van der Waals surface area contributed by atoms with Gasteiger partial charge in [0.15, 0.2) is 11.6 Å². The predicted octanol–water partition coefficient (Wildman–Crippen LogP) is 1.70. The van der Waals surface area contributed by atoms with Gasteiger partial charge >= 0.3 is 0 Å². The number of carbonyl (C=O) groups excluding carboxylic acids is 2. The van der Waals surface area contributed by atoms with Gasteiger partial charge < -0.3 is 5.73 Å². The molecule has 2 atom stereocenters. The fourth-order valence-corrected chi connectivity index (χ4v) is 3.71. The Morgan fingerprint density at radius 3 is 2.50 bits per heavy atom. The lowest BCUT2D eigenvalue weighted by Gasteiger charge is -2.24. The van der Waals surface area contributed by atoms with Crippen LogP contribution < -0.4 is 5.73 Å². The average Bonchev–Trinajstić information content (AvgIpc) is 3.06. The molecule has 1 aromatic rings. The Labute approximate surface area is 108 Å². The van der Waals surface area contributed by atoms with E-state index in [1.165, 1.54) is 11.8 Å². The molecule has 1 aliphatic heterocycles. The van der Waals surface area contributed by atoms with Crippen LogP contribution in [0.15, 0.2) is 47.6 Å². The Bertz CT molecular complexity index is 689. The molecule has 4 rings (SSSR count). The van der Waals surface area contributed by atoms with Crippen molar-refractivity contribution in [2.24, 2.45) is 5.73 Å². The third kappa shape index (κ3) is 1.05. The summed E-state index contributed by atoms with van der Waals surface area (Å²) in [6, 6.07) is 6.94. The Balaban J connectivity index is 2.02. The highest BCUT2D eigenvalue weighted by atomic mass is 32.2. The van der Waals surface area contributed by atoms with E-state index in [9.17, 15) is 9.59 Å². The number of nitrogens with two attached hydrogens (primary N) is 1. The lowest BCUT2D eigenvalue weighted by atomic mass is 9.78. The van der Waals surface area contributed by atoms with E-state index in [1.54, 1.807) is 30.3 Å². The molecule has 0 aromatic heterocycles. The van der Waals surface area contributed by atoms with E-state index in [0.717, 1.165) is 0 Å². The van der Waals surface area contributed by atoms with Gasteiger partial charge in [-0.25, -0.2) is 0 Å². The first-order chi connectivity index (χ1) is 8.63. The first kappa shape index (κ1) is 10.3. The molecule has 3 aliphatic rings. The zero-order chi connectivity index (χ0) is 12.5. The molecule has 2 N–H and O–H groups in total. The topological polar surface area (TPSA) is 60.2 Å². The van der Waals surface area contributed by atoms with Crippen LogP contribution in [0.4, 0.5) is 0 Å². The normalized spacial score (nSPS) is 31.9. The Morgan fingerprint density at radius 1 is 1.11 bits per heavy atom. The van der Waals surface area contributed by atoms with Crippen LogP contribution in [0, 0.1) is 0 Å². The molecule has 1 heterocycles. The van der Waals surface area contributed by atoms with Crippen molar-refractivity contribution >= 4 is 23.3 Å². The van der Waals surface area contributed by atoms with Gasteiger partial charge in [0.05, 0.1) is 5.25 Å². The third-order valence-electron chi connectivity index (χ3n) is 3.67. The van der Waals surface area contributed by atoms with E-state index in [2.05, 4.69) is 0 Å². The van der Waals surface area contributed by atoms with Crippen molar-refractivity contribution in [2.75, 3.05) is 0 Å². The number of benzene rings is 1. The summed E-state index contributed by atoms with van der Waals surface area (Å²) in [5, 5.41) is 0.137. The summed E-state index contributed by atoms with van der Waals surface area (Å²) in [7, 11) is 0. The summed E-state index contributed by atoms with van der Waals surface area (Å²) >= 11 is 1.53. The number of fused-ring (bicyclic) bond motifs is 3. The number of hydrogen-bond donors (Lipinski definition) is 1. The van der Waals surface area contributed by atoms with E-state index < -0.39 is 4.87 Å². The van der Waals surface area contributed by atoms with Crippen molar-refractivity contribution in [1.82, 2.24) is 0 Å². The second-order valence-corrected chi connectivity index (χ2v) is 6.10. The quantitative estimate of drug-likeness (QED) is 0.717. The highest BCUT2D eigenvalue weighted by molar-refractivity contribution is 8.09. The van der Waals surface area contributed by atoms with Crippen LogP contribution in [0.3, 0.4) is 0 Å². The highest BCUT2D eigenvalue weighted by Gasteiger charge is 2.59. The van der Waals surface area contributed by atoms with Gasteiger partial charge in [-0.3, -0.25) is 9.59 Å². The second-order valence-electron chi connectivity index (χ2n) is 4.68. The third-order valence-corrected chi connectivity index (χ3v) is 5.05. The summed E-state index contributed by atoms with van der Waals surface area (Å²) in [6.07, 6.45) is 3.67. The van der Waals surface area contributed by atoms with Crippen molar-refractivity contribution in [1.29, 1.82) is 0 Å². The Morgan fingerprint density at radius 2 is 1.78 bits per heavy atom. The van der Waals surface area contributed by atoms with Gasteiger partial charge in [0.1, 0.15) is 4.87 Å². The van der Waals surface area contributed by atoms with Crippen LogP contribution in [0.2, 0.25) is 0 Å². The van der Waals surface area contributed by atoms with Gasteiger partial charge in [-0.1, -0.05) is 36.4 Å². The van der Waals surface area contributed by atoms with E-state index in [4.69, 9.17) is 5.73 Å². The SMILES string of the molecule is NC12SC1C=CC1=C2C(=O)c2ccccc2C1=O. The van der Waals surface area contributed by atoms with Gasteiger partial charge in [-0.2, -0.15) is 0 Å². The van der Waals surface area contributed by atoms with Crippen molar-refractivity contribution in [2.45, 2.75) is 10.1 Å². The molecule has 18 heavy (non-hydrogen) atoms. The van der Waals surface area contributed by atoms with Gasteiger partial charge in [0.2, 0.25) is 0 Å². The lowest BCUT2D eigenvalue weighted by molar-refractivity contribution is 0.0972. The van der Waals surface area contributed by atoms with Gasteiger partial charge in [0.25, 0.3) is 0 Å². The molecule has 4 heteroatoms. The molecule has 88 valence electrons. The van der Waals surface area contributed by atoms with E-state index in [1.807, 2.05) is 6.08 Å².